The number of allylic oxidation sites excluding steroid dienone is 2. The minimum atomic E-state index is -1.82. The molecule has 4 unspecified atom stereocenters. The van der Waals surface area contributed by atoms with E-state index in [1.165, 1.54) is 54.4 Å². The van der Waals surface area contributed by atoms with Crippen LogP contribution in [0, 0.1) is 22.6 Å². The van der Waals surface area contributed by atoms with Crippen molar-refractivity contribution >= 4 is 17.7 Å². The molecule has 1 aromatic rings. The number of benzene rings is 1. The summed E-state index contributed by atoms with van der Waals surface area (Å²) in [6, 6.07) is 5.27. The second-order valence-corrected chi connectivity index (χ2v) is 6.97. The number of nitriles is 1. The number of amides is 1. The van der Waals surface area contributed by atoms with Crippen LogP contribution in [-0.2, 0) is 19.1 Å². The summed E-state index contributed by atoms with van der Waals surface area (Å²) in [5.74, 6) is -3.36. The van der Waals surface area contributed by atoms with E-state index in [9.17, 15) is 24.0 Å². The van der Waals surface area contributed by atoms with E-state index in [2.05, 4.69) is 6.07 Å². The number of carbonyl (C=O) groups excluding carboxylic acids is 3. The van der Waals surface area contributed by atoms with Gasteiger partial charge >= 0.3 is 5.97 Å². The van der Waals surface area contributed by atoms with Crippen LogP contribution in [0.15, 0.2) is 48.2 Å². The van der Waals surface area contributed by atoms with Crippen LogP contribution in [-0.4, -0.2) is 41.3 Å². The van der Waals surface area contributed by atoms with Gasteiger partial charge in [0.15, 0.2) is 11.2 Å². The Morgan fingerprint density at radius 2 is 1.97 bits per heavy atom. The lowest BCUT2D eigenvalue weighted by molar-refractivity contribution is -0.153. The van der Waals surface area contributed by atoms with E-state index in [0.29, 0.717) is 11.1 Å². The molecule has 1 amide bonds. The summed E-state index contributed by atoms with van der Waals surface area (Å²) >= 11 is 0. The number of nitrogens with two attached hydrogens (primary N) is 1. The fourth-order valence-corrected chi connectivity index (χ4v) is 4.14. The van der Waals surface area contributed by atoms with E-state index in [1.807, 2.05) is 0 Å². The lowest BCUT2D eigenvalue weighted by Gasteiger charge is -2.32. The van der Waals surface area contributed by atoms with Gasteiger partial charge in [0.2, 0.25) is 5.91 Å². The molecule has 4 atom stereocenters. The second kappa shape index (κ2) is 7.51. The molecular formula is C21H20FN3O4. The SMILES string of the molecule is CCOC(=O)C1(C#N)C(c2ccc(F)cc2)C(C(N)=O)N2C=C(C(C)=O)C=CC21. The first-order valence-corrected chi connectivity index (χ1v) is 9.09. The predicted molar refractivity (Wildman–Crippen MR) is 100 cm³/mol. The van der Waals surface area contributed by atoms with Crippen molar-refractivity contribution in [3.05, 3.63) is 59.6 Å². The maximum absolute atomic E-state index is 13.5. The number of halogens is 1. The zero-order chi connectivity index (χ0) is 21.3. The first kappa shape index (κ1) is 20.3. The van der Waals surface area contributed by atoms with E-state index in [0.717, 1.165) is 0 Å². The van der Waals surface area contributed by atoms with Gasteiger partial charge in [-0.25, -0.2) is 4.39 Å². The summed E-state index contributed by atoms with van der Waals surface area (Å²) in [5.41, 5.74) is 4.56. The van der Waals surface area contributed by atoms with Gasteiger partial charge in [0, 0.05) is 17.7 Å². The summed E-state index contributed by atoms with van der Waals surface area (Å²) in [6.07, 6.45) is 4.49. The number of carbonyl (C=O) groups is 3. The molecule has 8 heteroatoms. The molecule has 3 rings (SSSR count). The minimum Gasteiger partial charge on any atom is -0.465 e. The quantitative estimate of drug-likeness (QED) is 0.755. The van der Waals surface area contributed by atoms with Crippen molar-refractivity contribution in [2.24, 2.45) is 11.1 Å². The third-order valence-electron chi connectivity index (χ3n) is 5.39. The number of hydrogen-bond donors (Lipinski definition) is 1. The largest absolute Gasteiger partial charge is 0.465 e. The zero-order valence-corrected chi connectivity index (χ0v) is 16.0. The standard InChI is InChI=1S/C21H20FN3O4/c1-3-29-20(28)21(11-23)16-9-6-14(12(2)26)10-25(16)18(19(24)27)17(21)13-4-7-15(22)8-5-13/h4-10,16-18H,3H2,1-2H3,(H2,24,27). The number of hydrogen-bond acceptors (Lipinski definition) is 6. The van der Waals surface area contributed by atoms with Gasteiger partial charge in [-0.3, -0.25) is 14.4 Å². The molecule has 1 fully saturated rings. The Balaban J connectivity index is 2.28. The molecule has 0 aliphatic carbocycles. The summed E-state index contributed by atoms with van der Waals surface area (Å²) in [7, 11) is 0. The lowest BCUT2D eigenvalue weighted by atomic mass is 9.68. The third-order valence-corrected chi connectivity index (χ3v) is 5.39. The van der Waals surface area contributed by atoms with Crippen molar-refractivity contribution in [3.8, 4) is 6.07 Å². The zero-order valence-electron chi connectivity index (χ0n) is 16.0. The molecule has 2 heterocycles. The third kappa shape index (κ3) is 3.09. The molecule has 29 heavy (non-hydrogen) atoms. The molecule has 1 aromatic carbocycles. The average Bonchev–Trinajstić information content (AvgIpc) is 2.99. The van der Waals surface area contributed by atoms with Crippen LogP contribution in [0.1, 0.15) is 25.3 Å². The maximum Gasteiger partial charge on any atom is 0.329 e. The highest BCUT2D eigenvalue weighted by molar-refractivity contribution is 5.97. The smallest absolute Gasteiger partial charge is 0.329 e. The van der Waals surface area contributed by atoms with Gasteiger partial charge in [-0.15, -0.1) is 0 Å². The van der Waals surface area contributed by atoms with Gasteiger partial charge in [0.25, 0.3) is 0 Å². The molecule has 2 aliphatic heterocycles. The van der Waals surface area contributed by atoms with Crippen molar-refractivity contribution in [2.75, 3.05) is 6.61 Å². The molecule has 0 bridgehead atoms. The highest BCUT2D eigenvalue weighted by Crippen LogP contribution is 2.53. The number of fused-ring (bicyclic) bond motifs is 1. The van der Waals surface area contributed by atoms with Gasteiger partial charge in [-0.1, -0.05) is 24.3 Å². The Labute approximate surface area is 167 Å². The van der Waals surface area contributed by atoms with Crippen molar-refractivity contribution in [1.82, 2.24) is 4.90 Å². The van der Waals surface area contributed by atoms with Crippen LogP contribution in [0.25, 0.3) is 0 Å². The topological polar surface area (TPSA) is 113 Å². The first-order valence-electron chi connectivity index (χ1n) is 9.09. The summed E-state index contributed by atoms with van der Waals surface area (Å²) in [5, 5.41) is 10.2. The van der Waals surface area contributed by atoms with Gasteiger partial charge in [-0.05, 0) is 31.5 Å². The number of esters is 1. The van der Waals surface area contributed by atoms with Crippen molar-refractivity contribution < 1.29 is 23.5 Å². The molecule has 0 radical (unpaired) electrons. The van der Waals surface area contributed by atoms with E-state index in [1.54, 1.807) is 6.92 Å². The number of rotatable bonds is 5. The Morgan fingerprint density at radius 1 is 1.31 bits per heavy atom. The Kier molecular flexibility index (Phi) is 5.25. The van der Waals surface area contributed by atoms with Crippen LogP contribution in [0.3, 0.4) is 0 Å². The van der Waals surface area contributed by atoms with Crippen LogP contribution in [0.5, 0.6) is 0 Å². The Hall–Kier alpha value is -3.47. The normalized spacial score (nSPS) is 27.6. The van der Waals surface area contributed by atoms with Gasteiger partial charge < -0.3 is 15.4 Å². The van der Waals surface area contributed by atoms with Crippen LogP contribution < -0.4 is 5.73 Å². The summed E-state index contributed by atoms with van der Waals surface area (Å²) in [6.45, 7) is 3.01. The highest BCUT2D eigenvalue weighted by Gasteiger charge is 2.66. The van der Waals surface area contributed by atoms with E-state index in [-0.39, 0.29) is 12.4 Å². The maximum atomic E-state index is 13.5. The molecule has 0 spiro atoms. The van der Waals surface area contributed by atoms with Gasteiger partial charge in [0.1, 0.15) is 11.9 Å². The number of primary amides is 1. The van der Waals surface area contributed by atoms with Crippen molar-refractivity contribution in [2.45, 2.75) is 31.8 Å². The van der Waals surface area contributed by atoms with Gasteiger partial charge in [-0.2, -0.15) is 5.26 Å². The van der Waals surface area contributed by atoms with E-state index >= 15 is 0 Å². The van der Waals surface area contributed by atoms with Gasteiger partial charge in [0.05, 0.1) is 18.7 Å². The first-order chi connectivity index (χ1) is 13.8. The number of Topliss-reactive ketones (excluding diaryl/α,β-unsaturated/α-hetero) is 1. The molecule has 0 saturated carbocycles. The predicted octanol–water partition coefficient (Wildman–Crippen LogP) is 1.56. The summed E-state index contributed by atoms with van der Waals surface area (Å²) in [4.78, 5) is 38.9. The molecule has 0 aromatic heterocycles. The van der Waals surface area contributed by atoms with Crippen LogP contribution in [0.2, 0.25) is 0 Å². The number of ether oxygens (including phenoxy) is 1. The number of ketones is 1. The fraction of sp³-hybridized carbons (Fsp3) is 0.333. The van der Waals surface area contributed by atoms with Crippen LogP contribution in [0.4, 0.5) is 4.39 Å². The molecule has 150 valence electrons. The number of nitrogens with zero attached hydrogens (tertiary/aromatic N) is 2. The minimum absolute atomic E-state index is 0.0323. The van der Waals surface area contributed by atoms with Crippen molar-refractivity contribution in [3.63, 3.8) is 0 Å². The molecular weight excluding hydrogens is 377 g/mol. The Morgan fingerprint density at radius 3 is 2.48 bits per heavy atom. The van der Waals surface area contributed by atoms with Crippen molar-refractivity contribution in [1.29, 1.82) is 5.26 Å². The highest BCUT2D eigenvalue weighted by atomic mass is 19.1. The fourth-order valence-electron chi connectivity index (χ4n) is 4.14. The molecule has 2 N–H and O–H groups in total. The monoisotopic (exact) mass is 397 g/mol. The van der Waals surface area contributed by atoms with E-state index in [4.69, 9.17) is 10.5 Å². The molecule has 7 nitrogen and oxygen atoms in total. The lowest BCUT2D eigenvalue weighted by Crippen LogP contribution is -2.45. The van der Waals surface area contributed by atoms with Crippen LogP contribution >= 0.6 is 0 Å². The second-order valence-electron chi connectivity index (χ2n) is 6.97. The molecule has 1 saturated heterocycles. The van der Waals surface area contributed by atoms with E-state index < -0.39 is 41.1 Å². The Bertz CT molecular complexity index is 963. The average molecular weight is 397 g/mol. The molecule has 2 aliphatic rings. The summed E-state index contributed by atoms with van der Waals surface area (Å²) < 4.78 is 18.7.